The molecule has 13 heteroatoms. The molecule has 0 radical (unpaired) electrons. The number of alkyl halides is 3. The van der Waals surface area contributed by atoms with E-state index in [0.717, 1.165) is 9.13 Å². The van der Waals surface area contributed by atoms with Gasteiger partial charge in [-0.05, 0) is 18.6 Å². The number of hydrogen-bond acceptors (Lipinski definition) is 6. The van der Waals surface area contributed by atoms with Gasteiger partial charge in [-0.2, -0.15) is 13.2 Å². The smallest absolute Gasteiger partial charge is 0.449 e. The number of aromatic nitrogens is 6. The Morgan fingerprint density at radius 1 is 1.12 bits per heavy atom. The Bertz CT molecular complexity index is 1480. The maximum atomic E-state index is 13.4. The van der Waals surface area contributed by atoms with Crippen molar-refractivity contribution in [2.75, 3.05) is 6.61 Å². The Kier molecular flexibility index (Phi) is 5.56. The highest BCUT2D eigenvalue weighted by Gasteiger charge is 2.38. The molecule has 0 spiro atoms. The first kappa shape index (κ1) is 22.3. The summed E-state index contributed by atoms with van der Waals surface area (Å²) < 4.78 is 49.6. The number of carbonyl (C=O) groups is 1. The molecule has 0 atom stereocenters. The number of nitrogens with zero attached hydrogens (tertiary/aromatic N) is 6. The van der Waals surface area contributed by atoms with Crippen LogP contribution in [0.15, 0.2) is 40.2 Å². The first-order valence-electron chi connectivity index (χ1n) is 9.88. The van der Waals surface area contributed by atoms with Crippen LogP contribution in [0, 0.1) is 0 Å². The van der Waals surface area contributed by atoms with E-state index in [-0.39, 0.29) is 41.8 Å². The zero-order valence-corrected chi connectivity index (χ0v) is 17.7. The summed E-state index contributed by atoms with van der Waals surface area (Å²) in [5.41, 5.74) is -0.333. The molecule has 0 bridgehead atoms. The molecule has 0 amide bonds. The standard InChI is InChI=1S/C20H19F3N6O4/c1-26-11-24-16-15(26)17(31)28(19(32)27(16)2)8-5-9-33-14(30)10-29-13-7-4-3-6-12(13)25-18(29)20(21,22)23/h3-4,6-7,11H,5,8-10H2,1-2H3. The highest BCUT2D eigenvalue weighted by molar-refractivity contribution is 5.79. The highest BCUT2D eigenvalue weighted by Crippen LogP contribution is 2.31. The first-order valence-corrected chi connectivity index (χ1v) is 9.88. The van der Waals surface area contributed by atoms with Gasteiger partial charge in [0, 0.05) is 20.6 Å². The van der Waals surface area contributed by atoms with Crippen molar-refractivity contribution in [2.24, 2.45) is 14.1 Å². The number of esters is 1. The van der Waals surface area contributed by atoms with Gasteiger partial charge >= 0.3 is 17.8 Å². The SMILES string of the molecule is Cn1cnc2c1c(=O)n(CCCOC(=O)Cn1c(C(F)(F)F)nc3ccccc31)c(=O)n2C. The Labute approximate surface area is 183 Å². The summed E-state index contributed by atoms with van der Waals surface area (Å²) in [5, 5.41) is 0. The van der Waals surface area contributed by atoms with E-state index in [4.69, 9.17) is 4.74 Å². The van der Waals surface area contributed by atoms with Crippen molar-refractivity contribution in [3.8, 4) is 0 Å². The molecule has 0 N–H and O–H groups in total. The summed E-state index contributed by atoms with van der Waals surface area (Å²) >= 11 is 0. The number of hydrogen-bond donors (Lipinski definition) is 0. The average molecular weight is 464 g/mol. The van der Waals surface area contributed by atoms with Gasteiger partial charge in [0.1, 0.15) is 6.54 Å². The molecule has 4 aromatic rings. The third-order valence-electron chi connectivity index (χ3n) is 5.19. The van der Waals surface area contributed by atoms with E-state index in [0.29, 0.717) is 0 Å². The summed E-state index contributed by atoms with van der Waals surface area (Å²) in [6.45, 7) is -0.911. The number of rotatable bonds is 6. The number of benzene rings is 1. The van der Waals surface area contributed by atoms with Gasteiger partial charge in [0.25, 0.3) is 5.56 Å². The normalized spacial score (nSPS) is 12.0. The minimum absolute atomic E-state index is 0.0400. The van der Waals surface area contributed by atoms with E-state index in [1.54, 1.807) is 19.2 Å². The van der Waals surface area contributed by atoms with Gasteiger partial charge in [-0.1, -0.05) is 12.1 Å². The van der Waals surface area contributed by atoms with Crippen molar-refractivity contribution < 1.29 is 22.7 Å². The molecule has 0 aliphatic carbocycles. The van der Waals surface area contributed by atoms with Gasteiger partial charge in [-0.25, -0.2) is 14.8 Å². The third kappa shape index (κ3) is 4.01. The lowest BCUT2D eigenvalue weighted by Gasteiger charge is -2.12. The molecule has 0 saturated carbocycles. The molecule has 33 heavy (non-hydrogen) atoms. The van der Waals surface area contributed by atoms with Crippen molar-refractivity contribution in [3.63, 3.8) is 0 Å². The monoisotopic (exact) mass is 464 g/mol. The van der Waals surface area contributed by atoms with E-state index in [1.165, 1.54) is 34.6 Å². The van der Waals surface area contributed by atoms with Crippen LogP contribution in [0.4, 0.5) is 13.2 Å². The molecule has 1 aromatic carbocycles. The predicted molar refractivity (Wildman–Crippen MR) is 111 cm³/mol. The van der Waals surface area contributed by atoms with Crippen LogP contribution in [-0.2, 0) is 42.9 Å². The molecular formula is C20H19F3N6O4. The topological polar surface area (TPSA) is 106 Å². The molecular weight excluding hydrogens is 445 g/mol. The number of ether oxygens (including phenoxy) is 1. The summed E-state index contributed by atoms with van der Waals surface area (Å²) in [7, 11) is 3.11. The van der Waals surface area contributed by atoms with Crippen LogP contribution in [-0.4, -0.2) is 40.8 Å². The molecule has 4 rings (SSSR count). The van der Waals surface area contributed by atoms with E-state index >= 15 is 0 Å². The van der Waals surface area contributed by atoms with Crippen LogP contribution < -0.4 is 11.2 Å². The van der Waals surface area contributed by atoms with E-state index in [1.807, 2.05) is 0 Å². The van der Waals surface area contributed by atoms with Gasteiger partial charge < -0.3 is 13.9 Å². The van der Waals surface area contributed by atoms with Crippen LogP contribution in [0.25, 0.3) is 22.2 Å². The lowest BCUT2D eigenvalue weighted by atomic mass is 10.3. The van der Waals surface area contributed by atoms with Crippen LogP contribution in [0.2, 0.25) is 0 Å². The zero-order valence-electron chi connectivity index (χ0n) is 17.7. The third-order valence-corrected chi connectivity index (χ3v) is 5.19. The summed E-state index contributed by atoms with van der Waals surface area (Å²) in [4.78, 5) is 45.0. The van der Waals surface area contributed by atoms with Gasteiger partial charge in [0.2, 0.25) is 5.82 Å². The molecule has 174 valence electrons. The highest BCUT2D eigenvalue weighted by atomic mass is 19.4. The number of halogens is 3. The largest absolute Gasteiger partial charge is 0.464 e. The van der Waals surface area contributed by atoms with Crippen molar-refractivity contribution in [3.05, 3.63) is 57.3 Å². The minimum atomic E-state index is -4.75. The number of aryl methyl sites for hydroxylation is 2. The number of carbonyl (C=O) groups excluding carboxylic acids is 1. The van der Waals surface area contributed by atoms with Crippen LogP contribution >= 0.6 is 0 Å². The number of imidazole rings is 2. The molecule has 0 aliphatic rings. The van der Waals surface area contributed by atoms with E-state index in [2.05, 4.69) is 9.97 Å². The molecule has 10 nitrogen and oxygen atoms in total. The second-order valence-corrected chi connectivity index (χ2v) is 7.41. The molecule has 0 aliphatic heterocycles. The predicted octanol–water partition coefficient (Wildman–Crippen LogP) is 1.44. The Hall–Kier alpha value is -3.90. The van der Waals surface area contributed by atoms with Gasteiger partial charge in [0.05, 0.1) is 24.0 Å². The van der Waals surface area contributed by atoms with Crippen molar-refractivity contribution in [1.29, 1.82) is 0 Å². The van der Waals surface area contributed by atoms with Gasteiger partial charge in [-0.15, -0.1) is 0 Å². The lowest BCUT2D eigenvalue weighted by molar-refractivity contribution is -0.150. The second kappa shape index (κ2) is 8.22. The second-order valence-electron chi connectivity index (χ2n) is 7.41. The maximum absolute atomic E-state index is 13.4. The van der Waals surface area contributed by atoms with Crippen molar-refractivity contribution in [2.45, 2.75) is 25.7 Å². The fraction of sp³-hybridized carbons (Fsp3) is 0.350. The molecule has 0 fully saturated rings. The van der Waals surface area contributed by atoms with Crippen molar-refractivity contribution in [1.82, 2.24) is 28.2 Å². The van der Waals surface area contributed by atoms with Crippen molar-refractivity contribution >= 4 is 28.2 Å². The average Bonchev–Trinajstić information content (AvgIpc) is 3.33. The van der Waals surface area contributed by atoms with Crippen LogP contribution in [0.1, 0.15) is 12.2 Å². The Morgan fingerprint density at radius 2 is 1.85 bits per heavy atom. The fourth-order valence-corrected chi connectivity index (χ4v) is 3.63. The molecule has 0 unspecified atom stereocenters. The zero-order chi connectivity index (χ0) is 23.9. The number of fused-ring (bicyclic) bond motifs is 2. The molecule has 3 heterocycles. The number of para-hydroxylation sites is 2. The Balaban J connectivity index is 1.45. The van der Waals surface area contributed by atoms with Gasteiger partial charge in [-0.3, -0.25) is 18.7 Å². The first-order chi connectivity index (χ1) is 15.6. The molecule has 0 saturated heterocycles. The Morgan fingerprint density at radius 3 is 2.58 bits per heavy atom. The summed E-state index contributed by atoms with van der Waals surface area (Å²) in [6.07, 6.45) is -3.21. The minimum Gasteiger partial charge on any atom is -0.464 e. The lowest BCUT2D eigenvalue weighted by Crippen LogP contribution is -2.39. The fourth-order valence-electron chi connectivity index (χ4n) is 3.63. The molecule has 3 aromatic heterocycles. The van der Waals surface area contributed by atoms with Crippen LogP contribution in [0.3, 0.4) is 0 Å². The summed E-state index contributed by atoms with van der Waals surface area (Å²) in [6, 6.07) is 5.95. The quantitative estimate of drug-likeness (QED) is 0.316. The van der Waals surface area contributed by atoms with Crippen LogP contribution in [0.5, 0.6) is 0 Å². The maximum Gasteiger partial charge on any atom is 0.449 e. The van der Waals surface area contributed by atoms with Gasteiger partial charge in [0.15, 0.2) is 11.2 Å². The van der Waals surface area contributed by atoms with E-state index in [9.17, 15) is 27.6 Å². The van der Waals surface area contributed by atoms with E-state index < -0.39 is 35.8 Å². The summed E-state index contributed by atoms with van der Waals surface area (Å²) in [5.74, 6) is -2.09.